The third-order valence-electron chi connectivity index (χ3n) is 3.05. The van der Waals surface area contributed by atoms with Crippen molar-refractivity contribution in [3.8, 4) is 0 Å². The van der Waals surface area contributed by atoms with Crippen LogP contribution in [-0.4, -0.2) is 9.55 Å². The van der Waals surface area contributed by atoms with Crippen LogP contribution in [0.3, 0.4) is 0 Å². The fraction of sp³-hybridized carbons (Fsp3) is 0.0667. The first-order valence-corrected chi connectivity index (χ1v) is 6.31. The minimum Gasteiger partial charge on any atom is -0.311 e. The summed E-state index contributed by atoms with van der Waals surface area (Å²) in [5.74, 6) is 0. The quantitative estimate of drug-likeness (QED) is 0.717. The molecule has 2 heterocycles. The van der Waals surface area contributed by atoms with Gasteiger partial charge in [-0.1, -0.05) is 29.8 Å². The fourth-order valence-corrected chi connectivity index (χ4v) is 2.31. The van der Waals surface area contributed by atoms with Crippen LogP contribution in [0.15, 0.2) is 59.7 Å². The molecule has 94 valence electrons. The van der Waals surface area contributed by atoms with Crippen molar-refractivity contribution in [2.75, 3.05) is 0 Å². The molecule has 1 aromatic carbocycles. The lowest BCUT2D eigenvalue weighted by atomic mass is 10.1. The Kier molecular flexibility index (Phi) is 3.05. The zero-order valence-electron chi connectivity index (χ0n) is 10.1. The van der Waals surface area contributed by atoms with E-state index in [2.05, 4.69) is 4.98 Å². The maximum absolute atomic E-state index is 11.8. The summed E-state index contributed by atoms with van der Waals surface area (Å²) in [6.45, 7) is 0.423. The van der Waals surface area contributed by atoms with Crippen LogP contribution in [0, 0.1) is 0 Å². The van der Waals surface area contributed by atoms with E-state index in [0.29, 0.717) is 11.6 Å². The normalized spacial score (nSPS) is 10.8. The number of halogens is 1. The lowest BCUT2D eigenvalue weighted by molar-refractivity contribution is 0.763. The van der Waals surface area contributed by atoms with Gasteiger partial charge in [-0.3, -0.25) is 9.78 Å². The number of rotatable bonds is 2. The molecule has 3 nitrogen and oxygen atoms in total. The maximum atomic E-state index is 11.8. The molecule has 0 aliphatic heterocycles. The van der Waals surface area contributed by atoms with Crippen LogP contribution in [0.2, 0.25) is 5.02 Å². The molecule has 3 rings (SSSR count). The first kappa shape index (κ1) is 11.9. The highest BCUT2D eigenvalue weighted by Gasteiger charge is 2.08. The predicted molar refractivity (Wildman–Crippen MR) is 76.6 cm³/mol. The van der Waals surface area contributed by atoms with Gasteiger partial charge in [-0.15, -0.1) is 0 Å². The highest BCUT2D eigenvalue weighted by molar-refractivity contribution is 6.32. The molecule has 0 atom stereocenters. The van der Waals surface area contributed by atoms with Crippen molar-refractivity contribution in [3.63, 3.8) is 0 Å². The average Bonchev–Trinajstić information content (AvgIpc) is 2.44. The van der Waals surface area contributed by atoms with Crippen LogP contribution in [0.1, 0.15) is 5.56 Å². The van der Waals surface area contributed by atoms with E-state index in [9.17, 15) is 4.79 Å². The van der Waals surface area contributed by atoms with Crippen LogP contribution in [0.5, 0.6) is 0 Å². The largest absolute Gasteiger partial charge is 0.311 e. The van der Waals surface area contributed by atoms with E-state index in [1.807, 2.05) is 30.3 Å². The molecule has 0 unspecified atom stereocenters. The van der Waals surface area contributed by atoms with Crippen molar-refractivity contribution >= 4 is 22.5 Å². The Labute approximate surface area is 115 Å². The SMILES string of the molecule is O=c1ccccn1Cc1c(Cl)ccc2cccnc12. The highest BCUT2D eigenvalue weighted by Crippen LogP contribution is 2.24. The number of nitrogens with zero attached hydrogens (tertiary/aromatic N) is 2. The average molecular weight is 271 g/mol. The zero-order chi connectivity index (χ0) is 13.2. The highest BCUT2D eigenvalue weighted by atomic mass is 35.5. The van der Waals surface area contributed by atoms with Gasteiger partial charge in [0.1, 0.15) is 0 Å². The van der Waals surface area contributed by atoms with E-state index in [-0.39, 0.29) is 5.56 Å². The van der Waals surface area contributed by atoms with E-state index >= 15 is 0 Å². The van der Waals surface area contributed by atoms with Gasteiger partial charge in [0, 0.05) is 34.4 Å². The van der Waals surface area contributed by atoms with Crippen LogP contribution >= 0.6 is 11.6 Å². The molecule has 0 fully saturated rings. The lowest BCUT2D eigenvalue weighted by Gasteiger charge is -2.10. The minimum absolute atomic E-state index is 0.0495. The molecule has 0 bridgehead atoms. The predicted octanol–water partition coefficient (Wildman–Crippen LogP) is 3.10. The molecule has 0 aliphatic rings. The molecule has 0 saturated heterocycles. The number of hydrogen-bond acceptors (Lipinski definition) is 2. The van der Waals surface area contributed by atoms with Crippen molar-refractivity contribution in [1.82, 2.24) is 9.55 Å². The van der Waals surface area contributed by atoms with Crippen molar-refractivity contribution in [3.05, 3.63) is 75.8 Å². The lowest BCUT2D eigenvalue weighted by Crippen LogP contribution is -2.18. The summed E-state index contributed by atoms with van der Waals surface area (Å²) < 4.78 is 1.62. The third kappa shape index (κ3) is 2.25. The first-order chi connectivity index (χ1) is 9.25. The summed E-state index contributed by atoms with van der Waals surface area (Å²) in [7, 11) is 0. The maximum Gasteiger partial charge on any atom is 0.250 e. The second-order valence-electron chi connectivity index (χ2n) is 4.27. The Morgan fingerprint density at radius 3 is 2.84 bits per heavy atom. The number of benzene rings is 1. The molecule has 2 aromatic heterocycles. The van der Waals surface area contributed by atoms with Gasteiger partial charge < -0.3 is 4.57 Å². The van der Waals surface area contributed by atoms with Crippen molar-refractivity contribution in [2.45, 2.75) is 6.54 Å². The van der Waals surface area contributed by atoms with Crippen LogP contribution in [-0.2, 0) is 6.54 Å². The Morgan fingerprint density at radius 2 is 2.00 bits per heavy atom. The number of aromatic nitrogens is 2. The minimum atomic E-state index is -0.0495. The summed E-state index contributed by atoms with van der Waals surface area (Å²) >= 11 is 6.25. The van der Waals surface area contributed by atoms with E-state index < -0.39 is 0 Å². The topological polar surface area (TPSA) is 34.9 Å². The van der Waals surface area contributed by atoms with Gasteiger partial charge in [-0.25, -0.2) is 0 Å². The van der Waals surface area contributed by atoms with E-state index in [0.717, 1.165) is 16.5 Å². The van der Waals surface area contributed by atoms with Gasteiger partial charge >= 0.3 is 0 Å². The Morgan fingerprint density at radius 1 is 1.11 bits per heavy atom. The molecule has 0 spiro atoms. The molecule has 19 heavy (non-hydrogen) atoms. The number of pyridine rings is 2. The Hall–Kier alpha value is -2.13. The summed E-state index contributed by atoms with van der Waals surface area (Å²) in [5, 5.41) is 1.65. The molecular weight excluding hydrogens is 260 g/mol. The van der Waals surface area contributed by atoms with Gasteiger partial charge in [-0.05, 0) is 18.2 Å². The summed E-state index contributed by atoms with van der Waals surface area (Å²) in [4.78, 5) is 16.1. The fourth-order valence-electron chi connectivity index (χ4n) is 2.09. The summed E-state index contributed by atoms with van der Waals surface area (Å²) in [5.41, 5.74) is 1.66. The summed E-state index contributed by atoms with van der Waals surface area (Å²) in [6, 6.07) is 12.7. The van der Waals surface area contributed by atoms with Crippen molar-refractivity contribution in [2.24, 2.45) is 0 Å². The van der Waals surface area contributed by atoms with E-state index in [1.54, 1.807) is 23.0 Å². The second-order valence-corrected chi connectivity index (χ2v) is 4.68. The molecule has 0 amide bonds. The van der Waals surface area contributed by atoms with Crippen LogP contribution < -0.4 is 5.56 Å². The van der Waals surface area contributed by atoms with E-state index in [1.165, 1.54) is 6.07 Å². The first-order valence-electron chi connectivity index (χ1n) is 5.93. The third-order valence-corrected chi connectivity index (χ3v) is 3.40. The number of fused-ring (bicyclic) bond motifs is 1. The molecule has 0 saturated carbocycles. The second kappa shape index (κ2) is 4.86. The zero-order valence-corrected chi connectivity index (χ0v) is 10.8. The smallest absolute Gasteiger partial charge is 0.250 e. The summed E-state index contributed by atoms with van der Waals surface area (Å²) in [6.07, 6.45) is 3.48. The molecule has 0 aliphatic carbocycles. The van der Waals surface area contributed by atoms with Gasteiger partial charge in [-0.2, -0.15) is 0 Å². The van der Waals surface area contributed by atoms with Crippen molar-refractivity contribution < 1.29 is 0 Å². The molecular formula is C15H11ClN2O. The van der Waals surface area contributed by atoms with Gasteiger partial charge in [0.2, 0.25) is 0 Å². The monoisotopic (exact) mass is 270 g/mol. The van der Waals surface area contributed by atoms with Crippen LogP contribution in [0.4, 0.5) is 0 Å². The van der Waals surface area contributed by atoms with Crippen molar-refractivity contribution in [1.29, 1.82) is 0 Å². The molecule has 4 heteroatoms. The molecule has 3 aromatic rings. The molecule has 0 N–H and O–H groups in total. The van der Waals surface area contributed by atoms with Gasteiger partial charge in [0.15, 0.2) is 0 Å². The van der Waals surface area contributed by atoms with E-state index in [4.69, 9.17) is 11.6 Å². The number of hydrogen-bond donors (Lipinski definition) is 0. The van der Waals surface area contributed by atoms with Gasteiger partial charge in [0.25, 0.3) is 5.56 Å². The Balaban J connectivity index is 2.18. The molecule has 0 radical (unpaired) electrons. The standard InChI is InChI=1S/C15H11ClN2O/c16-13-7-6-11-4-3-8-17-15(11)12(13)10-18-9-2-1-5-14(18)19/h1-9H,10H2. The Bertz CT molecular complexity index is 795. The van der Waals surface area contributed by atoms with Crippen LogP contribution in [0.25, 0.3) is 10.9 Å². The van der Waals surface area contributed by atoms with Gasteiger partial charge in [0.05, 0.1) is 12.1 Å².